The number of azo groups is 2. The van der Waals surface area contributed by atoms with Crippen LogP contribution in [0.3, 0.4) is 0 Å². The number of hydrogen-bond acceptors (Lipinski definition) is 18. The number of halogens is 8. The smallest absolute Gasteiger partial charge is 0.271 e. The van der Waals surface area contributed by atoms with Crippen molar-refractivity contribution < 1.29 is 44.7 Å². The highest BCUT2D eigenvalue weighted by molar-refractivity contribution is 6.04. The van der Waals surface area contributed by atoms with E-state index in [-0.39, 0.29) is 140 Å². The number of hydrogen-bond donors (Lipinski definition) is 10. The summed E-state index contributed by atoms with van der Waals surface area (Å²) < 4.78 is 120. The van der Waals surface area contributed by atoms with Crippen molar-refractivity contribution in [1.82, 2.24) is 70.4 Å². The number of carbonyl (C=O) groups excluding carboxylic acids is 2. The summed E-state index contributed by atoms with van der Waals surface area (Å²) in [6.07, 6.45) is 33.4. The van der Waals surface area contributed by atoms with Crippen molar-refractivity contribution in [3.05, 3.63) is 261 Å². The van der Waals surface area contributed by atoms with Gasteiger partial charge in [0.2, 0.25) is 22.7 Å². The maximum Gasteiger partial charge on any atom is 0.271 e. The van der Waals surface area contributed by atoms with E-state index in [1.54, 1.807) is 85.5 Å². The molecule has 12 aromatic heterocycles. The third kappa shape index (κ3) is 18.8. The lowest BCUT2D eigenvalue weighted by Gasteiger charge is -2.47. The highest BCUT2D eigenvalue weighted by atomic mass is 19.2. The maximum atomic E-state index is 16.2. The number of H-pyrrole nitrogens is 4. The first-order valence-corrected chi connectivity index (χ1v) is 49.0. The first kappa shape index (κ1) is 94.3. The van der Waals surface area contributed by atoms with E-state index in [0.717, 1.165) is 89.0 Å². The fraction of sp³-hybridized carbons (Fsp3) is 0.352. The number of anilines is 4. The van der Waals surface area contributed by atoms with Gasteiger partial charge >= 0.3 is 0 Å². The maximum absolute atomic E-state index is 16.2. The van der Waals surface area contributed by atoms with Gasteiger partial charge in [-0.1, -0.05) is 74.5 Å². The number of nitrogens with one attached hydrogen (secondary N) is 10. The summed E-state index contributed by atoms with van der Waals surface area (Å²) in [4.78, 5) is 86.8. The molecule has 10 aliphatic carbocycles. The Morgan fingerprint density at radius 3 is 0.972 bits per heavy atom. The van der Waals surface area contributed by atoms with Crippen LogP contribution < -0.4 is 31.9 Å². The van der Waals surface area contributed by atoms with Crippen LogP contribution in [0.25, 0.3) is 131 Å². The third-order valence-corrected chi connectivity index (χ3v) is 30.2. The second-order valence-corrected chi connectivity index (χ2v) is 39.0. The molecule has 10 saturated carbocycles. The van der Waals surface area contributed by atoms with Crippen LogP contribution in [0.1, 0.15) is 165 Å². The molecule has 0 radical (unpaired) electrons. The van der Waals surface area contributed by atoms with Gasteiger partial charge in [-0.05, 0) is 223 Å². The lowest BCUT2D eigenvalue weighted by Crippen LogP contribution is -2.47. The Hall–Kier alpha value is -16.0. The Morgan fingerprint density at radius 2 is 0.674 bits per heavy atom. The molecule has 14 aromatic rings. The molecule has 2 aliphatic heterocycles. The average Bonchev–Trinajstić information content (AvgIpc) is 1.56. The Balaban J connectivity index is 0.000000114. The predicted octanol–water partition coefficient (Wildman–Crippen LogP) is 25.8. The minimum atomic E-state index is -0.646. The molecule has 2 amide bonds. The van der Waals surface area contributed by atoms with Crippen LogP contribution in [0, 0.1) is 108 Å². The number of nitrogens with zero attached hydrogens (tertiary/aromatic N) is 16. The van der Waals surface area contributed by atoms with E-state index in [1.807, 2.05) is 12.1 Å². The third-order valence-electron chi connectivity index (χ3n) is 30.2. The number of amides is 2. The standard InChI is InChI=1S/2C29H24F2N8O.2C25H25F2N5/c2*1-32-26-23(16-6-3-2-4-7-16)24(31)28(38-25(26)21-15-34-27-20(21)12-17(30)14-33-27)36-18-8-5-9-19(13-18)37-29(40)22-10-11-35-39-22;2*1-12-13-3-7-15(8-4-13)21(12)31-25-20(27)19(14-5-6-14)23(28-2)22(32-25)18-11-30-24-17(18)9-16(26)10-29-24/h2*2-4,6-7,10,12,14-15,18-19H,5,8-9,11,13H2,(H,33,34)(H,36,38)(H,37,40);2*9-15,21H,3-8H2,1H3,(H,29,30)(H,31,32)/t18-,19+;;2*12-,13?,15?,21+/m1.10/s1. The number of pyridine rings is 8. The molecule has 144 heavy (non-hydrogen) atoms. The molecule has 14 heterocycles. The van der Waals surface area contributed by atoms with Gasteiger partial charge in [0.15, 0.2) is 46.5 Å². The van der Waals surface area contributed by atoms with Crippen LogP contribution in [-0.4, -0.2) is 121 Å². The van der Waals surface area contributed by atoms with Gasteiger partial charge in [-0.3, -0.25) is 9.59 Å². The Morgan fingerprint density at radius 1 is 0.368 bits per heavy atom. The predicted molar refractivity (Wildman–Crippen MR) is 532 cm³/mol. The summed E-state index contributed by atoms with van der Waals surface area (Å²) in [5.74, 6) is -0.751. The molecule has 28 nitrogen and oxygen atoms in total. The molecule has 26 rings (SSSR count). The summed E-state index contributed by atoms with van der Waals surface area (Å²) in [6, 6.07) is 22.8. The van der Waals surface area contributed by atoms with E-state index in [2.05, 4.69) is 145 Å². The van der Waals surface area contributed by atoms with Gasteiger partial charge in [0.1, 0.15) is 57.3 Å². The zero-order valence-corrected chi connectivity index (χ0v) is 78.5. The highest BCUT2D eigenvalue weighted by Crippen LogP contribution is 2.56. The minimum Gasteiger partial charge on any atom is -0.365 e. The highest BCUT2D eigenvalue weighted by Gasteiger charge is 2.46. The molecule has 4 bridgehead atoms. The fourth-order valence-corrected chi connectivity index (χ4v) is 22.7. The number of benzene rings is 2. The van der Waals surface area contributed by atoms with Crippen LogP contribution in [0.5, 0.6) is 0 Å². The first-order chi connectivity index (χ1) is 70.1. The van der Waals surface area contributed by atoms with Crippen LogP contribution in [0.15, 0.2) is 179 Å². The van der Waals surface area contributed by atoms with Crippen molar-refractivity contribution in [1.29, 1.82) is 0 Å². The van der Waals surface area contributed by atoms with E-state index in [0.29, 0.717) is 173 Å². The molecular formula is C108H98F8N26O2. The van der Waals surface area contributed by atoms with Crippen LogP contribution in [0.2, 0.25) is 0 Å². The number of aromatic nitrogens is 12. The number of carbonyl (C=O) groups is 2. The van der Waals surface area contributed by atoms with Crippen molar-refractivity contribution >= 4 is 102 Å². The van der Waals surface area contributed by atoms with Gasteiger partial charge in [0, 0.05) is 127 Å². The van der Waals surface area contributed by atoms with Crippen molar-refractivity contribution in [2.45, 2.75) is 190 Å². The van der Waals surface area contributed by atoms with Gasteiger partial charge in [-0.15, -0.1) is 0 Å². The van der Waals surface area contributed by atoms with Gasteiger partial charge in [-0.25, -0.2) is 94.4 Å². The molecular weight excluding hydrogens is 1850 g/mol. The largest absolute Gasteiger partial charge is 0.365 e. The summed E-state index contributed by atoms with van der Waals surface area (Å²) >= 11 is 0. The number of rotatable bonds is 20. The molecule has 36 heteroatoms. The number of aromatic amines is 4. The van der Waals surface area contributed by atoms with E-state index in [4.69, 9.17) is 26.3 Å². The molecule has 10 N–H and O–H groups in total. The lowest BCUT2D eigenvalue weighted by atomic mass is 9.62. The molecule has 8 atom stereocenters. The van der Waals surface area contributed by atoms with E-state index in [9.17, 15) is 27.2 Å². The Bertz CT molecular complexity index is 7240. The van der Waals surface area contributed by atoms with E-state index in [1.165, 1.54) is 75.6 Å². The number of fused-ring (bicyclic) bond motifs is 10. The molecule has 0 saturated heterocycles. The van der Waals surface area contributed by atoms with Gasteiger partial charge < -0.3 is 51.8 Å². The molecule has 10 fully saturated rings. The molecule has 12 aliphatic rings. The molecule has 728 valence electrons. The van der Waals surface area contributed by atoms with Crippen molar-refractivity contribution in [2.75, 3.05) is 34.4 Å². The van der Waals surface area contributed by atoms with Gasteiger partial charge in [-0.2, -0.15) is 20.5 Å². The summed E-state index contributed by atoms with van der Waals surface area (Å²) in [5.41, 5.74) is 8.50. The van der Waals surface area contributed by atoms with Crippen LogP contribution >= 0.6 is 0 Å². The lowest BCUT2D eigenvalue weighted by molar-refractivity contribution is -0.119. The van der Waals surface area contributed by atoms with Gasteiger partial charge in [0.25, 0.3) is 11.8 Å². The minimum absolute atomic E-state index is 0.00996. The molecule has 2 aromatic carbocycles. The van der Waals surface area contributed by atoms with Crippen molar-refractivity contribution in [3.63, 3.8) is 0 Å². The zero-order chi connectivity index (χ0) is 99.2. The van der Waals surface area contributed by atoms with Crippen LogP contribution in [0.4, 0.5) is 81.1 Å². The first-order valence-electron chi connectivity index (χ1n) is 49.0. The zero-order valence-electron chi connectivity index (χ0n) is 78.5. The second-order valence-electron chi connectivity index (χ2n) is 39.0. The topological polar surface area (TPSA) is 339 Å². The normalized spacial score (nSPS) is 22.2. The SMILES string of the molecule is [C-]#[N+]c1c(-c2c[nH]c3ncc(F)cc23)nc(NC2CCCC(NC(=O)C3=CCN=N3)C2)c(F)c1-c1ccccc1.[C-]#[N+]c1c(-c2c[nH]c3ncc(F)cc23)nc(N[C@@H]2C3CCC(CC3)[C@H]2C)c(F)c1C1CC1.[C-]#[N+]c1c(-c2c[nH]c3ncc(F)cc23)nc(N[C@@H]2CCC[C@H](NC(=O)C3=CCN=N3)C2)c(F)c1-c1ccccc1.[C-]#[N+]c1c(-c2c[nH]c3ncc(F)cc23)nc(N[C@H]2C3CCC(CC3)[C@@H]2C)c(F)c1C1CC1. The summed E-state index contributed by atoms with van der Waals surface area (Å²) in [7, 11) is 0. The second kappa shape index (κ2) is 40.2. The summed E-state index contributed by atoms with van der Waals surface area (Å²) in [5, 5.41) is 36.8. The summed E-state index contributed by atoms with van der Waals surface area (Å²) in [6.45, 7) is 36.8. The van der Waals surface area contributed by atoms with E-state index >= 15 is 17.6 Å². The quantitative estimate of drug-likeness (QED) is 0.0251. The van der Waals surface area contributed by atoms with Crippen molar-refractivity contribution in [3.8, 4) is 67.3 Å². The van der Waals surface area contributed by atoms with E-state index < -0.39 is 34.9 Å². The molecule has 0 spiro atoms. The average molecular weight is 1940 g/mol. The monoisotopic (exact) mass is 1940 g/mol. The Labute approximate surface area is 822 Å². The van der Waals surface area contributed by atoms with Crippen LogP contribution in [-0.2, 0) is 9.59 Å². The Kier molecular flexibility index (Phi) is 26.3. The molecule has 2 unspecified atom stereocenters. The fourth-order valence-electron chi connectivity index (χ4n) is 22.7. The van der Waals surface area contributed by atoms with Gasteiger partial charge in [0.05, 0.1) is 86.9 Å². The van der Waals surface area contributed by atoms with Crippen molar-refractivity contribution in [2.24, 2.45) is 56.0 Å².